The number of hydrogen-bond acceptors (Lipinski definition) is 3. The lowest BCUT2D eigenvalue weighted by molar-refractivity contribution is -0.140. The third-order valence-electron chi connectivity index (χ3n) is 2.61. The van der Waals surface area contributed by atoms with E-state index in [4.69, 9.17) is 10.2 Å². The van der Waals surface area contributed by atoms with E-state index in [0.29, 0.717) is 5.69 Å². The molecule has 0 radical (unpaired) electrons. The van der Waals surface area contributed by atoms with Gasteiger partial charge in [0.25, 0.3) is 0 Å². The van der Waals surface area contributed by atoms with Crippen LogP contribution < -0.4 is 10.6 Å². The minimum absolute atomic E-state index is 0.0565. The summed E-state index contributed by atoms with van der Waals surface area (Å²) in [4.78, 5) is 33.2. The van der Waals surface area contributed by atoms with E-state index in [1.54, 1.807) is 18.2 Å². The standard InChI is InChI=1S/C13H15IN2O5/c14-8-4-1-2-5-9(8)15-13(21)16-10(12(19)20)6-3-7-11(17)18/h1-2,4-5,10H,3,6-7H2,(H,17,18)(H,19,20)(H2,15,16,21)/t10-/m1/s1. The zero-order valence-corrected chi connectivity index (χ0v) is 13.2. The maximum atomic E-state index is 11.8. The third kappa shape index (κ3) is 6.43. The van der Waals surface area contributed by atoms with Gasteiger partial charge < -0.3 is 20.8 Å². The van der Waals surface area contributed by atoms with Gasteiger partial charge in [0.2, 0.25) is 0 Å². The molecule has 21 heavy (non-hydrogen) atoms. The molecular weight excluding hydrogens is 391 g/mol. The highest BCUT2D eigenvalue weighted by Gasteiger charge is 2.20. The van der Waals surface area contributed by atoms with Crippen LogP contribution in [0.15, 0.2) is 24.3 Å². The number of carboxylic acids is 2. The quantitative estimate of drug-likeness (QED) is 0.518. The first-order chi connectivity index (χ1) is 9.90. The predicted molar refractivity (Wildman–Crippen MR) is 84.2 cm³/mol. The monoisotopic (exact) mass is 406 g/mol. The molecule has 1 atom stereocenters. The second kappa shape index (κ2) is 8.45. The maximum Gasteiger partial charge on any atom is 0.326 e. The van der Waals surface area contributed by atoms with Crippen molar-refractivity contribution in [2.75, 3.05) is 5.32 Å². The number of rotatable bonds is 7. The van der Waals surface area contributed by atoms with E-state index in [-0.39, 0.29) is 19.3 Å². The van der Waals surface area contributed by atoms with Crippen molar-refractivity contribution in [1.82, 2.24) is 5.32 Å². The first-order valence-corrected chi connectivity index (χ1v) is 7.24. The van der Waals surface area contributed by atoms with Crippen LogP contribution in [0.4, 0.5) is 10.5 Å². The number of aliphatic carboxylic acids is 2. The molecule has 1 aromatic rings. The largest absolute Gasteiger partial charge is 0.481 e. The van der Waals surface area contributed by atoms with E-state index < -0.39 is 24.0 Å². The second-order valence-corrected chi connectivity index (χ2v) is 5.42. The van der Waals surface area contributed by atoms with Crippen LogP contribution in [0.5, 0.6) is 0 Å². The summed E-state index contributed by atoms with van der Waals surface area (Å²) in [5, 5.41) is 22.4. The molecule has 0 aliphatic carbocycles. The molecule has 8 heteroatoms. The first-order valence-electron chi connectivity index (χ1n) is 6.17. The molecule has 0 unspecified atom stereocenters. The Labute approximate surface area is 134 Å². The molecule has 0 bridgehead atoms. The number of carboxylic acid groups (broad SMARTS) is 2. The van der Waals surface area contributed by atoms with Crippen LogP contribution in [-0.2, 0) is 9.59 Å². The molecule has 0 fully saturated rings. The summed E-state index contributed by atoms with van der Waals surface area (Å²) < 4.78 is 0.822. The summed E-state index contributed by atoms with van der Waals surface area (Å²) in [5.74, 6) is -2.19. The molecule has 0 spiro atoms. The van der Waals surface area contributed by atoms with Gasteiger partial charge in [0, 0.05) is 9.99 Å². The van der Waals surface area contributed by atoms with Gasteiger partial charge in [0.1, 0.15) is 6.04 Å². The van der Waals surface area contributed by atoms with Crippen molar-refractivity contribution in [2.45, 2.75) is 25.3 Å². The fourth-order valence-electron chi connectivity index (χ4n) is 1.59. The Bertz CT molecular complexity index is 535. The van der Waals surface area contributed by atoms with E-state index in [0.717, 1.165) is 3.57 Å². The number of halogens is 1. The van der Waals surface area contributed by atoms with Gasteiger partial charge in [-0.05, 0) is 47.6 Å². The van der Waals surface area contributed by atoms with Gasteiger partial charge in [-0.1, -0.05) is 12.1 Å². The molecule has 1 aromatic carbocycles. The summed E-state index contributed by atoms with van der Waals surface area (Å²) in [5.41, 5.74) is 0.574. The fraction of sp³-hybridized carbons (Fsp3) is 0.308. The number of anilines is 1. The summed E-state index contributed by atoms with van der Waals surface area (Å²) in [7, 11) is 0. The van der Waals surface area contributed by atoms with Gasteiger partial charge in [-0.3, -0.25) is 4.79 Å². The zero-order valence-electron chi connectivity index (χ0n) is 11.0. The average molecular weight is 406 g/mol. The number of carbonyl (C=O) groups is 3. The number of urea groups is 1. The highest BCUT2D eigenvalue weighted by molar-refractivity contribution is 14.1. The number of para-hydroxylation sites is 1. The molecule has 4 N–H and O–H groups in total. The summed E-state index contributed by atoms with van der Waals surface area (Å²) >= 11 is 2.05. The van der Waals surface area contributed by atoms with Crippen LogP contribution in [0.25, 0.3) is 0 Å². The van der Waals surface area contributed by atoms with Gasteiger partial charge in [0.05, 0.1) is 5.69 Å². The highest BCUT2D eigenvalue weighted by Crippen LogP contribution is 2.16. The molecule has 0 aliphatic rings. The smallest absolute Gasteiger partial charge is 0.326 e. The second-order valence-electron chi connectivity index (χ2n) is 4.26. The molecule has 0 heterocycles. The lowest BCUT2D eigenvalue weighted by Gasteiger charge is -2.15. The van der Waals surface area contributed by atoms with E-state index >= 15 is 0 Å². The Morgan fingerprint density at radius 1 is 1.19 bits per heavy atom. The van der Waals surface area contributed by atoms with Gasteiger partial charge in [-0.25, -0.2) is 9.59 Å². The summed E-state index contributed by atoms with van der Waals surface area (Å²) in [6.07, 6.45) is 0.0973. The lowest BCUT2D eigenvalue weighted by Crippen LogP contribution is -2.43. The molecule has 0 aliphatic heterocycles. The molecule has 1 rings (SSSR count). The van der Waals surface area contributed by atoms with Crippen molar-refractivity contribution >= 4 is 46.2 Å². The molecule has 2 amide bonds. The van der Waals surface area contributed by atoms with E-state index in [2.05, 4.69) is 10.6 Å². The normalized spacial score (nSPS) is 11.5. The number of benzene rings is 1. The molecular formula is C13H15IN2O5. The van der Waals surface area contributed by atoms with Crippen LogP contribution in [-0.4, -0.2) is 34.2 Å². The SMILES string of the molecule is O=C(O)CCC[C@@H](NC(=O)Nc1ccccc1I)C(=O)O. The van der Waals surface area contributed by atoms with Crippen molar-refractivity contribution in [2.24, 2.45) is 0 Å². The average Bonchev–Trinajstić information content (AvgIpc) is 2.39. The number of carbonyl (C=O) groups excluding carboxylic acids is 1. The predicted octanol–water partition coefficient (Wildman–Crippen LogP) is 2.12. The first kappa shape index (κ1) is 17.2. The molecule has 0 saturated heterocycles. The lowest BCUT2D eigenvalue weighted by atomic mass is 10.1. The van der Waals surface area contributed by atoms with Gasteiger partial charge in [0.15, 0.2) is 0 Å². The fourth-order valence-corrected chi connectivity index (χ4v) is 2.12. The Balaban J connectivity index is 2.54. The zero-order chi connectivity index (χ0) is 15.8. The van der Waals surface area contributed by atoms with Gasteiger partial charge in [-0.2, -0.15) is 0 Å². The van der Waals surface area contributed by atoms with Crippen LogP contribution in [0, 0.1) is 3.57 Å². The maximum absolute atomic E-state index is 11.8. The topological polar surface area (TPSA) is 116 Å². The molecule has 114 valence electrons. The van der Waals surface area contributed by atoms with Crippen LogP contribution in [0.2, 0.25) is 0 Å². The summed E-state index contributed by atoms with van der Waals surface area (Å²) in [6.45, 7) is 0. The number of hydrogen-bond donors (Lipinski definition) is 4. The Hall–Kier alpha value is -1.84. The Kier molecular flexibility index (Phi) is 6.92. The molecule has 0 saturated carbocycles. The van der Waals surface area contributed by atoms with Crippen LogP contribution in [0.1, 0.15) is 19.3 Å². The minimum Gasteiger partial charge on any atom is -0.481 e. The summed E-state index contributed by atoms with van der Waals surface area (Å²) in [6, 6.07) is 5.31. The van der Waals surface area contributed by atoms with E-state index in [9.17, 15) is 14.4 Å². The molecule has 0 aromatic heterocycles. The van der Waals surface area contributed by atoms with Crippen molar-refractivity contribution in [3.8, 4) is 0 Å². The van der Waals surface area contributed by atoms with Crippen molar-refractivity contribution in [3.63, 3.8) is 0 Å². The third-order valence-corrected chi connectivity index (χ3v) is 3.55. The number of amides is 2. The van der Waals surface area contributed by atoms with Crippen molar-refractivity contribution in [3.05, 3.63) is 27.8 Å². The van der Waals surface area contributed by atoms with Gasteiger partial charge >= 0.3 is 18.0 Å². The molecule has 7 nitrogen and oxygen atoms in total. The minimum atomic E-state index is -1.20. The van der Waals surface area contributed by atoms with Crippen molar-refractivity contribution in [1.29, 1.82) is 0 Å². The Morgan fingerprint density at radius 2 is 1.86 bits per heavy atom. The highest BCUT2D eigenvalue weighted by atomic mass is 127. The van der Waals surface area contributed by atoms with E-state index in [1.807, 2.05) is 28.7 Å². The van der Waals surface area contributed by atoms with E-state index in [1.165, 1.54) is 0 Å². The van der Waals surface area contributed by atoms with Gasteiger partial charge in [-0.15, -0.1) is 0 Å². The van der Waals surface area contributed by atoms with Crippen LogP contribution in [0.3, 0.4) is 0 Å². The van der Waals surface area contributed by atoms with Crippen molar-refractivity contribution < 1.29 is 24.6 Å². The Morgan fingerprint density at radius 3 is 2.43 bits per heavy atom. The number of nitrogens with one attached hydrogen (secondary N) is 2. The van der Waals surface area contributed by atoms with Crippen LogP contribution >= 0.6 is 22.6 Å².